The van der Waals surface area contributed by atoms with Gasteiger partial charge in [-0.2, -0.15) is 0 Å². The molecule has 0 aliphatic heterocycles. The summed E-state index contributed by atoms with van der Waals surface area (Å²) in [5, 5.41) is 0. The van der Waals surface area contributed by atoms with Gasteiger partial charge in [0.2, 0.25) is 9.05 Å². The van der Waals surface area contributed by atoms with Crippen LogP contribution < -0.4 is 0 Å². The van der Waals surface area contributed by atoms with E-state index >= 15 is 0 Å². The van der Waals surface area contributed by atoms with Crippen molar-refractivity contribution in [3.05, 3.63) is 0 Å². The molecular formula is C12H25ClO5S. The Labute approximate surface area is 121 Å². The van der Waals surface area contributed by atoms with E-state index in [0.717, 1.165) is 12.8 Å². The lowest BCUT2D eigenvalue weighted by Gasteiger charge is -2.10. The van der Waals surface area contributed by atoms with Crippen molar-refractivity contribution in [3.8, 4) is 0 Å². The first kappa shape index (κ1) is 19.1. The monoisotopic (exact) mass is 316 g/mol. The van der Waals surface area contributed by atoms with Crippen LogP contribution in [0.2, 0.25) is 0 Å². The van der Waals surface area contributed by atoms with Gasteiger partial charge in [-0.3, -0.25) is 0 Å². The van der Waals surface area contributed by atoms with Crippen molar-refractivity contribution in [2.45, 2.75) is 26.2 Å². The Morgan fingerprint density at radius 2 is 1.63 bits per heavy atom. The van der Waals surface area contributed by atoms with Gasteiger partial charge in [0.25, 0.3) is 0 Å². The van der Waals surface area contributed by atoms with Crippen LogP contribution in [0.5, 0.6) is 0 Å². The summed E-state index contributed by atoms with van der Waals surface area (Å²) in [6.07, 6.45) is 2.29. The highest BCUT2D eigenvalue weighted by Crippen LogP contribution is 2.11. The molecule has 0 rings (SSSR count). The number of rotatable bonds is 13. The molecule has 5 nitrogen and oxygen atoms in total. The average molecular weight is 317 g/mol. The molecule has 0 radical (unpaired) electrons. The summed E-state index contributed by atoms with van der Waals surface area (Å²) >= 11 is 0. The van der Waals surface area contributed by atoms with Crippen molar-refractivity contribution in [1.82, 2.24) is 0 Å². The number of methoxy groups -OCH3 is 1. The van der Waals surface area contributed by atoms with Crippen LogP contribution in [-0.2, 0) is 23.3 Å². The first-order valence-corrected chi connectivity index (χ1v) is 9.00. The zero-order chi connectivity index (χ0) is 14.6. The van der Waals surface area contributed by atoms with Crippen LogP contribution in [0.4, 0.5) is 0 Å². The minimum Gasteiger partial charge on any atom is -0.385 e. The van der Waals surface area contributed by atoms with E-state index in [4.69, 9.17) is 24.9 Å². The molecule has 116 valence electrons. The van der Waals surface area contributed by atoms with E-state index < -0.39 is 9.05 Å². The van der Waals surface area contributed by atoms with Crippen molar-refractivity contribution in [2.75, 3.05) is 45.9 Å². The summed E-state index contributed by atoms with van der Waals surface area (Å²) in [5.74, 6) is 0.314. The van der Waals surface area contributed by atoms with Gasteiger partial charge >= 0.3 is 0 Å². The zero-order valence-electron chi connectivity index (χ0n) is 11.8. The minimum atomic E-state index is -3.37. The van der Waals surface area contributed by atoms with Gasteiger partial charge in [0.05, 0.1) is 19.0 Å². The molecule has 0 saturated carbocycles. The van der Waals surface area contributed by atoms with Crippen LogP contribution in [0.15, 0.2) is 0 Å². The van der Waals surface area contributed by atoms with Crippen molar-refractivity contribution in [3.63, 3.8) is 0 Å². The molecule has 0 aliphatic carbocycles. The van der Waals surface area contributed by atoms with E-state index in [9.17, 15) is 8.42 Å². The molecule has 0 aromatic carbocycles. The van der Waals surface area contributed by atoms with Crippen LogP contribution in [-0.4, -0.2) is 54.3 Å². The van der Waals surface area contributed by atoms with Crippen molar-refractivity contribution in [1.29, 1.82) is 0 Å². The molecule has 0 aromatic rings. The molecule has 0 N–H and O–H groups in total. The van der Waals surface area contributed by atoms with Crippen molar-refractivity contribution in [2.24, 2.45) is 5.92 Å². The Morgan fingerprint density at radius 3 is 2.21 bits per heavy atom. The molecule has 19 heavy (non-hydrogen) atoms. The van der Waals surface area contributed by atoms with E-state index in [-0.39, 0.29) is 11.7 Å². The maximum atomic E-state index is 10.8. The fraction of sp³-hybridized carbons (Fsp3) is 1.00. The smallest absolute Gasteiger partial charge is 0.232 e. The summed E-state index contributed by atoms with van der Waals surface area (Å²) in [7, 11) is 3.45. The minimum absolute atomic E-state index is 0.0261. The fourth-order valence-corrected chi connectivity index (χ4v) is 2.35. The molecule has 0 amide bonds. The third-order valence-corrected chi connectivity index (χ3v) is 3.80. The van der Waals surface area contributed by atoms with Gasteiger partial charge in [-0.05, 0) is 25.2 Å². The summed E-state index contributed by atoms with van der Waals surface area (Å²) in [4.78, 5) is 0. The second-order valence-corrected chi connectivity index (χ2v) is 7.39. The molecule has 7 heteroatoms. The van der Waals surface area contributed by atoms with Gasteiger partial charge in [0.15, 0.2) is 0 Å². The van der Waals surface area contributed by atoms with E-state index in [2.05, 4.69) is 0 Å². The second kappa shape index (κ2) is 11.9. The topological polar surface area (TPSA) is 61.8 Å². The zero-order valence-corrected chi connectivity index (χ0v) is 13.3. The maximum absolute atomic E-state index is 10.8. The third kappa shape index (κ3) is 16.1. The van der Waals surface area contributed by atoms with E-state index in [0.29, 0.717) is 39.5 Å². The molecular weight excluding hydrogens is 292 g/mol. The van der Waals surface area contributed by atoms with E-state index in [1.54, 1.807) is 7.11 Å². The molecule has 0 spiro atoms. The number of hydrogen-bond acceptors (Lipinski definition) is 5. The van der Waals surface area contributed by atoms with Crippen molar-refractivity contribution >= 4 is 19.7 Å². The highest BCUT2D eigenvalue weighted by atomic mass is 35.7. The quantitative estimate of drug-likeness (QED) is 0.384. The Kier molecular flexibility index (Phi) is 12.0. The lowest BCUT2D eigenvalue weighted by atomic mass is 10.1. The van der Waals surface area contributed by atoms with Gasteiger partial charge in [0, 0.05) is 37.6 Å². The van der Waals surface area contributed by atoms with Gasteiger partial charge in [0.1, 0.15) is 0 Å². The molecule has 0 aliphatic rings. The summed E-state index contributed by atoms with van der Waals surface area (Å²) < 4.78 is 37.2. The molecule has 1 unspecified atom stereocenters. The largest absolute Gasteiger partial charge is 0.385 e. The average Bonchev–Trinajstić information content (AvgIpc) is 2.33. The van der Waals surface area contributed by atoms with Gasteiger partial charge in [-0.1, -0.05) is 6.92 Å². The van der Waals surface area contributed by atoms with Gasteiger partial charge < -0.3 is 14.2 Å². The SMILES string of the molecule is COCCCOCCOCCC(C)CCS(=O)(=O)Cl. The van der Waals surface area contributed by atoms with Gasteiger partial charge in [-0.25, -0.2) is 8.42 Å². The maximum Gasteiger partial charge on any atom is 0.232 e. The highest BCUT2D eigenvalue weighted by molar-refractivity contribution is 8.13. The van der Waals surface area contributed by atoms with Crippen molar-refractivity contribution < 1.29 is 22.6 Å². The molecule has 0 aromatic heterocycles. The highest BCUT2D eigenvalue weighted by Gasteiger charge is 2.09. The Morgan fingerprint density at radius 1 is 1.00 bits per heavy atom. The van der Waals surface area contributed by atoms with Crippen LogP contribution in [0.1, 0.15) is 26.2 Å². The summed E-state index contributed by atoms with van der Waals surface area (Å²) in [6, 6.07) is 0. The molecule has 0 fully saturated rings. The second-order valence-electron chi connectivity index (χ2n) is 4.50. The number of halogens is 1. The first-order valence-electron chi connectivity index (χ1n) is 6.52. The van der Waals surface area contributed by atoms with Gasteiger partial charge in [-0.15, -0.1) is 0 Å². The standard InChI is InChI=1S/C12H25ClO5S/c1-12(5-11-19(13,14)15)4-8-18-10-9-17-7-3-6-16-2/h12H,3-11H2,1-2H3. The summed E-state index contributed by atoms with van der Waals surface area (Å²) in [5.41, 5.74) is 0. The molecule has 0 heterocycles. The predicted octanol–water partition coefficient (Wildman–Crippen LogP) is 2.04. The summed E-state index contributed by atoms with van der Waals surface area (Å²) in [6.45, 7) is 5.14. The van der Waals surface area contributed by atoms with Crippen LogP contribution >= 0.6 is 10.7 Å². The van der Waals surface area contributed by atoms with E-state index in [1.165, 1.54) is 0 Å². The molecule has 1 atom stereocenters. The third-order valence-electron chi connectivity index (χ3n) is 2.62. The van der Waals surface area contributed by atoms with Crippen LogP contribution in [0.3, 0.4) is 0 Å². The first-order chi connectivity index (χ1) is 8.95. The lowest BCUT2D eigenvalue weighted by Crippen LogP contribution is -2.10. The Hall–Kier alpha value is 0.120. The van der Waals surface area contributed by atoms with E-state index in [1.807, 2.05) is 6.92 Å². The fourth-order valence-electron chi connectivity index (χ4n) is 1.40. The van der Waals surface area contributed by atoms with Crippen LogP contribution in [0.25, 0.3) is 0 Å². The number of hydrogen-bond donors (Lipinski definition) is 0. The normalized spacial score (nSPS) is 13.6. The van der Waals surface area contributed by atoms with Crippen LogP contribution in [0, 0.1) is 5.92 Å². The molecule has 0 saturated heterocycles. The Balaban J connectivity index is 3.25. The Bertz CT molecular complexity index is 294. The lowest BCUT2D eigenvalue weighted by molar-refractivity contribution is 0.0362. The number of ether oxygens (including phenoxy) is 3. The molecule has 0 bridgehead atoms. The predicted molar refractivity (Wildman–Crippen MR) is 76.2 cm³/mol.